The van der Waals surface area contributed by atoms with E-state index in [-0.39, 0.29) is 10.8 Å². The molecule has 1 amide bonds. The van der Waals surface area contributed by atoms with Crippen molar-refractivity contribution in [3.8, 4) is 0 Å². The van der Waals surface area contributed by atoms with Crippen LogP contribution in [0.25, 0.3) is 0 Å². The summed E-state index contributed by atoms with van der Waals surface area (Å²) >= 11 is 0. The Morgan fingerprint density at radius 2 is 1.82 bits per heavy atom. The van der Waals surface area contributed by atoms with Gasteiger partial charge in [0.05, 0.1) is 29.4 Å². The lowest BCUT2D eigenvalue weighted by Crippen LogP contribution is -2.40. The number of sulfonamides is 1. The van der Waals surface area contributed by atoms with E-state index in [1.165, 1.54) is 10.4 Å². The molecule has 1 aromatic heterocycles. The zero-order chi connectivity index (χ0) is 23.4. The lowest BCUT2D eigenvalue weighted by Gasteiger charge is -2.27. The number of carbonyl (C=O) groups excluding carboxylic acids is 1. The number of rotatable bonds is 8. The number of aromatic nitrogens is 2. The SMILES string of the molecule is Cc1cc(C)n(CCCNC(=O)c2cc(S(=O)(=O)N3CCOCC3)ccc2N2CCCC2)n1. The van der Waals surface area contributed by atoms with Crippen LogP contribution in [0.2, 0.25) is 0 Å². The van der Waals surface area contributed by atoms with Crippen LogP contribution in [-0.4, -0.2) is 74.3 Å². The summed E-state index contributed by atoms with van der Waals surface area (Å²) in [6.45, 7) is 8.32. The van der Waals surface area contributed by atoms with Crippen molar-refractivity contribution in [2.45, 2.75) is 44.6 Å². The largest absolute Gasteiger partial charge is 0.379 e. The summed E-state index contributed by atoms with van der Waals surface area (Å²) in [5.74, 6) is -0.246. The third-order valence-corrected chi connectivity index (χ3v) is 8.10. The monoisotopic (exact) mass is 475 g/mol. The third-order valence-electron chi connectivity index (χ3n) is 6.20. The summed E-state index contributed by atoms with van der Waals surface area (Å²) in [5.41, 5.74) is 3.28. The highest BCUT2D eigenvalue weighted by Gasteiger charge is 2.29. The van der Waals surface area contributed by atoms with Crippen molar-refractivity contribution < 1.29 is 17.9 Å². The van der Waals surface area contributed by atoms with Crippen molar-refractivity contribution in [1.82, 2.24) is 19.4 Å². The van der Waals surface area contributed by atoms with Gasteiger partial charge in [0.25, 0.3) is 5.91 Å². The number of hydrogen-bond donors (Lipinski definition) is 1. The first-order chi connectivity index (χ1) is 15.9. The second kappa shape index (κ2) is 10.2. The fourth-order valence-corrected chi connectivity index (χ4v) is 5.89. The molecule has 10 heteroatoms. The topological polar surface area (TPSA) is 96.8 Å². The average molecular weight is 476 g/mol. The number of morpholine rings is 1. The van der Waals surface area contributed by atoms with Crippen LogP contribution < -0.4 is 10.2 Å². The summed E-state index contributed by atoms with van der Waals surface area (Å²) < 4.78 is 35.0. The van der Waals surface area contributed by atoms with E-state index < -0.39 is 10.0 Å². The summed E-state index contributed by atoms with van der Waals surface area (Å²) in [6, 6.07) is 6.97. The molecule has 0 spiro atoms. The number of anilines is 1. The maximum atomic E-state index is 13.2. The highest BCUT2D eigenvalue weighted by atomic mass is 32.2. The lowest BCUT2D eigenvalue weighted by atomic mass is 10.1. The van der Waals surface area contributed by atoms with Gasteiger partial charge in [-0.25, -0.2) is 8.42 Å². The predicted octanol–water partition coefficient (Wildman–Crippen LogP) is 1.94. The molecular formula is C23H33N5O4S. The van der Waals surface area contributed by atoms with E-state index in [1.54, 1.807) is 12.1 Å². The van der Waals surface area contributed by atoms with Gasteiger partial charge in [-0.3, -0.25) is 9.48 Å². The molecule has 0 bridgehead atoms. The molecule has 3 heterocycles. The van der Waals surface area contributed by atoms with Gasteiger partial charge in [0, 0.05) is 50.6 Å². The predicted molar refractivity (Wildman–Crippen MR) is 126 cm³/mol. The zero-order valence-corrected chi connectivity index (χ0v) is 20.2. The Kier molecular flexibility index (Phi) is 7.35. The van der Waals surface area contributed by atoms with Crippen LogP contribution in [0.15, 0.2) is 29.2 Å². The molecule has 0 aliphatic carbocycles. The molecule has 4 rings (SSSR count). The molecule has 2 fully saturated rings. The maximum Gasteiger partial charge on any atom is 0.253 e. The van der Waals surface area contributed by atoms with E-state index in [1.807, 2.05) is 24.6 Å². The molecular weight excluding hydrogens is 442 g/mol. The van der Waals surface area contributed by atoms with Crippen LogP contribution in [0, 0.1) is 13.8 Å². The number of amides is 1. The van der Waals surface area contributed by atoms with Gasteiger partial charge in [-0.15, -0.1) is 0 Å². The first kappa shape index (κ1) is 23.7. The number of nitrogens with zero attached hydrogens (tertiary/aromatic N) is 4. The number of hydrogen-bond acceptors (Lipinski definition) is 6. The Balaban J connectivity index is 1.50. The van der Waals surface area contributed by atoms with Gasteiger partial charge >= 0.3 is 0 Å². The second-order valence-corrected chi connectivity index (χ2v) is 10.6. The smallest absolute Gasteiger partial charge is 0.253 e. The van der Waals surface area contributed by atoms with Crippen molar-refractivity contribution >= 4 is 21.6 Å². The van der Waals surface area contributed by atoms with Gasteiger partial charge in [0.2, 0.25) is 10.0 Å². The minimum atomic E-state index is -3.68. The van der Waals surface area contributed by atoms with E-state index in [0.29, 0.717) is 45.0 Å². The van der Waals surface area contributed by atoms with Gasteiger partial charge in [0.1, 0.15) is 0 Å². The molecule has 0 unspecified atom stereocenters. The van der Waals surface area contributed by atoms with Gasteiger partial charge in [-0.1, -0.05) is 0 Å². The maximum absolute atomic E-state index is 13.2. The van der Waals surface area contributed by atoms with Crippen molar-refractivity contribution in [1.29, 1.82) is 0 Å². The third kappa shape index (κ3) is 5.39. The van der Waals surface area contributed by atoms with Crippen LogP contribution in [0.3, 0.4) is 0 Å². The molecule has 33 heavy (non-hydrogen) atoms. The Morgan fingerprint density at radius 3 is 2.48 bits per heavy atom. The summed E-state index contributed by atoms with van der Waals surface area (Å²) in [6.07, 6.45) is 2.87. The first-order valence-electron chi connectivity index (χ1n) is 11.6. The van der Waals surface area contributed by atoms with Gasteiger partial charge in [0.15, 0.2) is 0 Å². The Bertz CT molecular complexity index is 1090. The molecule has 2 saturated heterocycles. The molecule has 0 radical (unpaired) electrons. The number of ether oxygens (including phenoxy) is 1. The minimum absolute atomic E-state index is 0.153. The molecule has 1 aromatic carbocycles. The molecule has 2 aliphatic rings. The normalized spacial score (nSPS) is 17.5. The molecule has 180 valence electrons. The number of carbonyl (C=O) groups is 1. The van der Waals surface area contributed by atoms with Crippen LogP contribution in [0.1, 0.15) is 41.0 Å². The Labute approximate surface area is 195 Å². The fourth-order valence-electron chi connectivity index (χ4n) is 4.45. The minimum Gasteiger partial charge on any atom is -0.379 e. The van der Waals surface area contributed by atoms with E-state index in [2.05, 4.69) is 15.3 Å². The van der Waals surface area contributed by atoms with Crippen LogP contribution in [0.5, 0.6) is 0 Å². The van der Waals surface area contributed by atoms with E-state index in [0.717, 1.165) is 49.4 Å². The van der Waals surface area contributed by atoms with Crippen molar-refractivity contribution in [2.75, 3.05) is 50.8 Å². The summed E-state index contributed by atoms with van der Waals surface area (Å²) in [4.78, 5) is 15.5. The van der Waals surface area contributed by atoms with Crippen LogP contribution in [-0.2, 0) is 21.3 Å². The fraction of sp³-hybridized carbons (Fsp3) is 0.565. The lowest BCUT2D eigenvalue weighted by molar-refractivity contribution is 0.0730. The van der Waals surface area contributed by atoms with Gasteiger partial charge in [-0.05, 0) is 57.4 Å². The molecule has 2 aliphatic heterocycles. The molecule has 0 atom stereocenters. The van der Waals surface area contributed by atoms with Crippen molar-refractivity contribution in [2.24, 2.45) is 0 Å². The van der Waals surface area contributed by atoms with E-state index in [4.69, 9.17) is 4.74 Å². The average Bonchev–Trinajstić information content (AvgIpc) is 3.46. The van der Waals surface area contributed by atoms with E-state index in [9.17, 15) is 13.2 Å². The number of aryl methyl sites for hydroxylation is 3. The number of benzene rings is 1. The Morgan fingerprint density at radius 1 is 1.09 bits per heavy atom. The highest BCUT2D eigenvalue weighted by molar-refractivity contribution is 7.89. The second-order valence-electron chi connectivity index (χ2n) is 8.65. The van der Waals surface area contributed by atoms with Crippen LogP contribution in [0.4, 0.5) is 5.69 Å². The molecule has 9 nitrogen and oxygen atoms in total. The Hall–Kier alpha value is -2.43. The summed E-state index contributed by atoms with van der Waals surface area (Å²) in [7, 11) is -3.68. The van der Waals surface area contributed by atoms with Gasteiger partial charge < -0.3 is 15.0 Å². The van der Waals surface area contributed by atoms with E-state index >= 15 is 0 Å². The van der Waals surface area contributed by atoms with Gasteiger partial charge in [-0.2, -0.15) is 9.40 Å². The van der Waals surface area contributed by atoms with Crippen LogP contribution >= 0.6 is 0 Å². The zero-order valence-electron chi connectivity index (χ0n) is 19.4. The highest BCUT2D eigenvalue weighted by Crippen LogP contribution is 2.29. The van der Waals surface area contributed by atoms with Crippen molar-refractivity contribution in [3.63, 3.8) is 0 Å². The quantitative estimate of drug-likeness (QED) is 0.586. The summed E-state index contributed by atoms with van der Waals surface area (Å²) in [5, 5.41) is 7.43. The first-order valence-corrected chi connectivity index (χ1v) is 13.1. The number of nitrogens with one attached hydrogen (secondary N) is 1. The standard InChI is InChI=1S/C23H33N5O4S/c1-18-16-19(2)28(25-18)11-5-8-24-23(29)21-17-20(6-7-22(21)26-9-3-4-10-26)33(30,31)27-12-14-32-15-13-27/h6-7,16-17H,3-5,8-15H2,1-2H3,(H,24,29). The van der Waals surface area contributed by atoms with Crippen molar-refractivity contribution in [3.05, 3.63) is 41.2 Å². The molecule has 1 N–H and O–H groups in total. The molecule has 2 aromatic rings. The molecule has 0 saturated carbocycles.